The van der Waals surface area contributed by atoms with Crippen molar-refractivity contribution in [2.75, 3.05) is 31.1 Å². The molecule has 3 aromatic rings. The second-order valence-corrected chi connectivity index (χ2v) is 7.61. The monoisotopic (exact) mass is 403 g/mol. The molecule has 0 radical (unpaired) electrons. The van der Waals surface area contributed by atoms with E-state index in [0.29, 0.717) is 18.8 Å². The maximum absolute atomic E-state index is 12.8. The summed E-state index contributed by atoms with van der Waals surface area (Å²) >= 11 is 0. The van der Waals surface area contributed by atoms with Gasteiger partial charge < -0.3 is 9.80 Å². The summed E-state index contributed by atoms with van der Waals surface area (Å²) < 4.78 is 1.24. The molecule has 0 N–H and O–H groups in total. The van der Waals surface area contributed by atoms with Crippen molar-refractivity contribution in [2.45, 2.75) is 20.4 Å². The molecular formula is C23H25N5O2. The molecule has 7 heteroatoms. The molecule has 0 atom stereocenters. The first-order valence-electron chi connectivity index (χ1n) is 10.1. The molecule has 0 bridgehead atoms. The zero-order valence-electron chi connectivity index (χ0n) is 17.3. The third kappa shape index (κ3) is 4.25. The van der Waals surface area contributed by atoms with Crippen molar-refractivity contribution in [3.05, 3.63) is 76.3 Å². The Labute approximate surface area is 175 Å². The molecule has 1 saturated heterocycles. The Bertz CT molecular complexity index is 1100. The molecular weight excluding hydrogens is 378 g/mol. The van der Waals surface area contributed by atoms with Gasteiger partial charge in [0.05, 0.1) is 5.69 Å². The summed E-state index contributed by atoms with van der Waals surface area (Å²) in [5.41, 5.74) is 4.83. The van der Waals surface area contributed by atoms with E-state index in [-0.39, 0.29) is 18.0 Å². The minimum absolute atomic E-state index is 0.0591. The molecule has 1 aliphatic rings. The van der Waals surface area contributed by atoms with E-state index in [4.69, 9.17) is 0 Å². The molecule has 4 rings (SSSR count). The molecule has 7 nitrogen and oxygen atoms in total. The van der Waals surface area contributed by atoms with E-state index in [2.05, 4.69) is 47.0 Å². The lowest BCUT2D eigenvalue weighted by atomic mass is 10.1. The standard InChI is InChI=1S/C23H25N5O2/c1-17-5-6-18(2)21(14-17)26-10-12-27(13-11-26)23(30)16-28-22(29)8-7-20(25-28)19-4-3-9-24-15-19/h3-9,14-15H,10-13,16H2,1-2H3. The van der Waals surface area contributed by atoms with Crippen molar-refractivity contribution in [2.24, 2.45) is 0 Å². The van der Waals surface area contributed by atoms with Crippen LogP contribution in [0.5, 0.6) is 0 Å². The predicted octanol–water partition coefficient (Wildman–Crippen LogP) is 2.27. The fraction of sp³-hybridized carbons (Fsp3) is 0.304. The average molecular weight is 403 g/mol. The number of nitrogens with zero attached hydrogens (tertiary/aromatic N) is 5. The van der Waals surface area contributed by atoms with Crippen molar-refractivity contribution in [3.8, 4) is 11.3 Å². The highest BCUT2D eigenvalue weighted by molar-refractivity contribution is 5.76. The van der Waals surface area contributed by atoms with Crippen LogP contribution in [0.3, 0.4) is 0 Å². The summed E-state index contributed by atoms with van der Waals surface area (Å²) in [5.74, 6) is -0.0893. The Hall–Kier alpha value is -3.48. The van der Waals surface area contributed by atoms with E-state index in [1.54, 1.807) is 18.5 Å². The van der Waals surface area contributed by atoms with Gasteiger partial charge in [0.1, 0.15) is 6.54 Å². The normalized spacial score (nSPS) is 14.1. The molecule has 0 unspecified atom stereocenters. The number of hydrogen-bond acceptors (Lipinski definition) is 5. The van der Waals surface area contributed by atoms with Gasteiger partial charge in [-0.2, -0.15) is 5.10 Å². The quantitative estimate of drug-likeness (QED) is 0.668. The Kier molecular flexibility index (Phi) is 5.61. The van der Waals surface area contributed by atoms with Gasteiger partial charge in [-0.3, -0.25) is 14.6 Å². The van der Waals surface area contributed by atoms with Gasteiger partial charge in [0.15, 0.2) is 0 Å². The van der Waals surface area contributed by atoms with Crippen molar-refractivity contribution >= 4 is 11.6 Å². The number of aromatic nitrogens is 3. The van der Waals surface area contributed by atoms with Crippen LogP contribution < -0.4 is 10.5 Å². The van der Waals surface area contributed by atoms with Gasteiger partial charge >= 0.3 is 0 Å². The molecule has 0 saturated carbocycles. The van der Waals surface area contributed by atoms with Crippen molar-refractivity contribution in [1.29, 1.82) is 0 Å². The molecule has 2 aromatic heterocycles. The van der Waals surface area contributed by atoms with E-state index in [0.717, 1.165) is 18.7 Å². The Morgan fingerprint density at radius 2 is 1.83 bits per heavy atom. The molecule has 1 fully saturated rings. The van der Waals surface area contributed by atoms with Crippen LogP contribution in [0, 0.1) is 13.8 Å². The second-order valence-electron chi connectivity index (χ2n) is 7.61. The lowest BCUT2D eigenvalue weighted by molar-refractivity contribution is -0.132. The van der Waals surface area contributed by atoms with E-state index in [9.17, 15) is 9.59 Å². The molecule has 1 aromatic carbocycles. The minimum atomic E-state index is -0.287. The minimum Gasteiger partial charge on any atom is -0.368 e. The number of rotatable bonds is 4. The van der Waals surface area contributed by atoms with Crippen molar-refractivity contribution < 1.29 is 4.79 Å². The highest BCUT2D eigenvalue weighted by Crippen LogP contribution is 2.23. The summed E-state index contributed by atoms with van der Waals surface area (Å²) in [5, 5.41) is 4.37. The third-order valence-corrected chi connectivity index (χ3v) is 5.45. The topological polar surface area (TPSA) is 71.3 Å². The van der Waals surface area contributed by atoms with E-state index in [1.807, 2.05) is 17.0 Å². The van der Waals surface area contributed by atoms with Crippen LogP contribution in [0.25, 0.3) is 11.3 Å². The van der Waals surface area contributed by atoms with Gasteiger partial charge in [-0.15, -0.1) is 0 Å². The maximum atomic E-state index is 12.8. The number of amides is 1. The van der Waals surface area contributed by atoms with E-state index in [1.165, 1.54) is 27.6 Å². The highest BCUT2D eigenvalue weighted by Gasteiger charge is 2.23. The van der Waals surface area contributed by atoms with Crippen molar-refractivity contribution in [1.82, 2.24) is 19.7 Å². The summed E-state index contributed by atoms with van der Waals surface area (Å²) in [6.45, 7) is 6.94. The van der Waals surface area contributed by atoms with Crippen LogP contribution in [0.4, 0.5) is 5.69 Å². The third-order valence-electron chi connectivity index (χ3n) is 5.45. The lowest BCUT2D eigenvalue weighted by Gasteiger charge is -2.37. The van der Waals surface area contributed by atoms with Gasteiger partial charge in [-0.25, -0.2) is 4.68 Å². The van der Waals surface area contributed by atoms with Crippen LogP contribution in [-0.2, 0) is 11.3 Å². The highest BCUT2D eigenvalue weighted by atomic mass is 16.2. The van der Waals surface area contributed by atoms with Crippen LogP contribution in [0.1, 0.15) is 11.1 Å². The maximum Gasteiger partial charge on any atom is 0.267 e. The smallest absolute Gasteiger partial charge is 0.267 e. The molecule has 0 aliphatic carbocycles. The number of anilines is 1. The zero-order valence-corrected chi connectivity index (χ0v) is 17.3. The molecule has 1 amide bonds. The summed E-state index contributed by atoms with van der Waals surface area (Å²) in [6, 6.07) is 13.2. The molecule has 3 heterocycles. The number of aryl methyl sites for hydroxylation is 2. The number of carbonyl (C=O) groups excluding carboxylic acids is 1. The van der Waals surface area contributed by atoms with Gasteiger partial charge in [0.2, 0.25) is 5.91 Å². The largest absolute Gasteiger partial charge is 0.368 e. The number of benzene rings is 1. The van der Waals surface area contributed by atoms with Crippen LogP contribution in [-0.4, -0.2) is 51.8 Å². The first kappa shape index (κ1) is 19.8. The summed E-state index contributed by atoms with van der Waals surface area (Å²) in [4.78, 5) is 33.3. The zero-order chi connectivity index (χ0) is 21.1. The Morgan fingerprint density at radius 3 is 2.57 bits per heavy atom. The van der Waals surface area contributed by atoms with E-state index >= 15 is 0 Å². The van der Waals surface area contributed by atoms with Crippen LogP contribution >= 0.6 is 0 Å². The van der Waals surface area contributed by atoms with Gasteiger partial charge in [0.25, 0.3) is 5.56 Å². The summed E-state index contributed by atoms with van der Waals surface area (Å²) in [6.07, 6.45) is 3.37. The number of carbonyl (C=O) groups is 1. The number of pyridine rings is 1. The SMILES string of the molecule is Cc1ccc(C)c(N2CCN(C(=O)Cn3nc(-c4cccnc4)ccc3=O)CC2)c1. The summed E-state index contributed by atoms with van der Waals surface area (Å²) in [7, 11) is 0. The van der Waals surface area contributed by atoms with Crippen molar-refractivity contribution in [3.63, 3.8) is 0 Å². The second kappa shape index (κ2) is 8.49. The lowest BCUT2D eigenvalue weighted by Crippen LogP contribution is -2.50. The van der Waals surface area contributed by atoms with E-state index < -0.39 is 0 Å². The first-order chi connectivity index (χ1) is 14.5. The van der Waals surface area contributed by atoms with Gasteiger partial charge in [0, 0.05) is 55.9 Å². The fourth-order valence-corrected chi connectivity index (χ4v) is 3.72. The molecule has 1 aliphatic heterocycles. The predicted molar refractivity (Wildman–Crippen MR) is 116 cm³/mol. The Morgan fingerprint density at radius 1 is 1.03 bits per heavy atom. The fourth-order valence-electron chi connectivity index (χ4n) is 3.72. The van der Waals surface area contributed by atoms with Gasteiger partial charge in [-0.05, 0) is 49.2 Å². The first-order valence-corrected chi connectivity index (χ1v) is 10.1. The molecule has 154 valence electrons. The average Bonchev–Trinajstić information content (AvgIpc) is 2.77. The van der Waals surface area contributed by atoms with Crippen LogP contribution in [0.15, 0.2) is 59.7 Å². The van der Waals surface area contributed by atoms with Crippen LogP contribution in [0.2, 0.25) is 0 Å². The number of piperazine rings is 1. The Balaban J connectivity index is 1.43. The molecule has 30 heavy (non-hydrogen) atoms. The number of hydrogen-bond donors (Lipinski definition) is 0. The van der Waals surface area contributed by atoms with Gasteiger partial charge in [-0.1, -0.05) is 12.1 Å². The molecule has 0 spiro atoms.